The second-order valence-corrected chi connectivity index (χ2v) is 5.54. The van der Waals surface area contributed by atoms with Gasteiger partial charge in [0.25, 0.3) is 0 Å². The molecule has 0 saturated heterocycles. The standard InChI is InChI=1S/C11H15FSi/c1-2-13(12)10-6-9-11-7-4-3-5-8-11/h3-9,13H,2,10H2,1H3. The zero-order valence-corrected chi connectivity index (χ0v) is 9.07. The minimum Gasteiger partial charge on any atom is -0.318 e. The Morgan fingerprint density at radius 1 is 1.31 bits per heavy atom. The van der Waals surface area contributed by atoms with E-state index in [1.165, 1.54) is 0 Å². The molecule has 1 aromatic carbocycles. The minimum absolute atomic E-state index is 0.658. The molecule has 1 unspecified atom stereocenters. The molecule has 0 saturated carbocycles. The van der Waals surface area contributed by atoms with Crippen LogP contribution in [0, 0.1) is 0 Å². The first kappa shape index (κ1) is 10.2. The second kappa shape index (κ2) is 5.70. The van der Waals surface area contributed by atoms with E-state index in [4.69, 9.17) is 0 Å². The summed E-state index contributed by atoms with van der Waals surface area (Å²) in [6.07, 6.45) is 3.95. The van der Waals surface area contributed by atoms with E-state index in [0.29, 0.717) is 6.04 Å². The van der Waals surface area contributed by atoms with Crippen LogP contribution < -0.4 is 0 Å². The molecule has 0 nitrogen and oxygen atoms in total. The highest BCUT2D eigenvalue weighted by atomic mass is 28.3. The van der Waals surface area contributed by atoms with Crippen LogP contribution in [0.2, 0.25) is 12.1 Å². The summed E-state index contributed by atoms with van der Waals surface area (Å²) < 4.78 is 12.9. The topological polar surface area (TPSA) is 0 Å². The molecular weight excluding hydrogens is 179 g/mol. The molecule has 1 aromatic rings. The first-order valence-corrected chi connectivity index (χ1v) is 6.75. The summed E-state index contributed by atoms with van der Waals surface area (Å²) in [6, 6.07) is 11.4. The molecule has 2 heteroatoms. The Labute approximate surface area is 80.9 Å². The van der Waals surface area contributed by atoms with Crippen molar-refractivity contribution in [2.24, 2.45) is 0 Å². The zero-order chi connectivity index (χ0) is 9.52. The first-order chi connectivity index (χ1) is 6.33. The van der Waals surface area contributed by atoms with Crippen molar-refractivity contribution in [2.75, 3.05) is 0 Å². The Kier molecular flexibility index (Phi) is 4.47. The van der Waals surface area contributed by atoms with Gasteiger partial charge in [0.1, 0.15) is 0 Å². The van der Waals surface area contributed by atoms with E-state index in [0.717, 1.165) is 11.6 Å². The summed E-state index contributed by atoms with van der Waals surface area (Å²) in [6.45, 7) is 1.92. The summed E-state index contributed by atoms with van der Waals surface area (Å²) in [5, 5.41) is 0. The van der Waals surface area contributed by atoms with E-state index in [1.54, 1.807) is 0 Å². The third-order valence-electron chi connectivity index (χ3n) is 1.94. The van der Waals surface area contributed by atoms with Crippen LogP contribution in [0.4, 0.5) is 4.11 Å². The molecule has 0 aromatic heterocycles. The lowest BCUT2D eigenvalue weighted by Crippen LogP contribution is -1.98. The zero-order valence-electron chi connectivity index (χ0n) is 7.91. The third kappa shape index (κ3) is 4.04. The number of rotatable bonds is 4. The van der Waals surface area contributed by atoms with Gasteiger partial charge in [0.2, 0.25) is 9.13 Å². The molecule has 1 atom stereocenters. The van der Waals surface area contributed by atoms with Gasteiger partial charge in [0.05, 0.1) is 0 Å². The Hall–Kier alpha value is -0.893. The van der Waals surface area contributed by atoms with Crippen molar-refractivity contribution in [3.8, 4) is 0 Å². The van der Waals surface area contributed by atoms with E-state index < -0.39 is 9.13 Å². The van der Waals surface area contributed by atoms with Gasteiger partial charge in [-0.05, 0) is 17.7 Å². The quantitative estimate of drug-likeness (QED) is 0.509. The lowest BCUT2D eigenvalue weighted by Gasteiger charge is -1.96. The number of benzene rings is 1. The Bertz CT molecular complexity index is 256. The molecular formula is C11H15FSi. The maximum Gasteiger partial charge on any atom is 0.235 e. The van der Waals surface area contributed by atoms with Crippen LogP contribution in [0.1, 0.15) is 12.5 Å². The monoisotopic (exact) mass is 194 g/mol. The average Bonchev–Trinajstić information content (AvgIpc) is 2.19. The molecule has 0 aliphatic rings. The van der Waals surface area contributed by atoms with Gasteiger partial charge in [-0.2, -0.15) is 0 Å². The van der Waals surface area contributed by atoms with Crippen molar-refractivity contribution in [3.05, 3.63) is 42.0 Å². The molecule has 0 aliphatic carbocycles. The molecule has 0 fully saturated rings. The fourth-order valence-electron chi connectivity index (χ4n) is 1.08. The van der Waals surface area contributed by atoms with E-state index >= 15 is 0 Å². The molecule has 0 radical (unpaired) electrons. The van der Waals surface area contributed by atoms with E-state index in [-0.39, 0.29) is 0 Å². The summed E-state index contributed by atoms with van der Waals surface area (Å²) >= 11 is 0. The molecule has 0 bridgehead atoms. The lowest BCUT2D eigenvalue weighted by atomic mass is 10.2. The molecule has 0 aliphatic heterocycles. The molecule has 0 heterocycles. The van der Waals surface area contributed by atoms with Crippen molar-refractivity contribution in [1.82, 2.24) is 0 Å². The summed E-state index contributed by atoms with van der Waals surface area (Å²) in [5.41, 5.74) is 1.15. The van der Waals surface area contributed by atoms with Gasteiger partial charge in [0.15, 0.2) is 0 Å². The van der Waals surface area contributed by atoms with Crippen LogP contribution in [0.3, 0.4) is 0 Å². The molecule has 0 amide bonds. The highest BCUT2D eigenvalue weighted by Gasteiger charge is 2.01. The van der Waals surface area contributed by atoms with Crippen molar-refractivity contribution in [1.29, 1.82) is 0 Å². The smallest absolute Gasteiger partial charge is 0.235 e. The minimum atomic E-state index is -1.91. The van der Waals surface area contributed by atoms with Crippen molar-refractivity contribution < 1.29 is 4.11 Å². The molecule has 1 rings (SSSR count). The van der Waals surface area contributed by atoms with Gasteiger partial charge in [0, 0.05) is 0 Å². The SMILES string of the molecule is CC[SiH](F)CC=Cc1ccccc1. The van der Waals surface area contributed by atoms with Gasteiger partial charge in [-0.3, -0.25) is 0 Å². The Balaban J connectivity index is 2.41. The summed E-state index contributed by atoms with van der Waals surface area (Å²) in [7, 11) is -1.91. The largest absolute Gasteiger partial charge is 0.318 e. The number of allylic oxidation sites excluding steroid dienone is 1. The molecule has 0 spiro atoms. The first-order valence-electron chi connectivity index (χ1n) is 4.68. The Morgan fingerprint density at radius 3 is 2.62 bits per heavy atom. The van der Waals surface area contributed by atoms with E-state index in [2.05, 4.69) is 0 Å². The van der Waals surface area contributed by atoms with Gasteiger partial charge >= 0.3 is 0 Å². The van der Waals surface area contributed by atoms with Crippen LogP contribution in [0.15, 0.2) is 36.4 Å². The van der Waals surface area contributed by atoms with Crippen molar-refractivity contribution in [2.45, 2.75) is 19.0 Å². The summed E-state index contributed by atoms with van der Waals surface area (Å²) in [4.78, 5) is 0. The fraction of sp³-hybridized carbons (Fsp3) is 0.273. The van der Waals surface area contributed by atoms with E-state index in [1.807, 2.05) is 49.4 Å². The van der Waals surface area contributed by atoms with Gasteiger partial charge < -0.3 is 4.11 Å². The maximum atomic E-state index is 12.9. The molecule has 70 valence electrons. The number of halogens is 1. The maximum absolute atomic E-state index is 12.9. The van der Waals surface area contributed by atoms with Crippen molar-refractivity contribution in [3.63, 3.8) is 0 Å². The predicted molar refractivity (Wildman–Crippen MR) is 59.0 cm³/mol. The van der Waals surface area contributed by atoms with Crippen LogP contribution in [0.5, 0.6) is 0 Å². The fourth-order valence-corrected chi connectivity index (χ4v) is 1.85. The molecule has 0 N–H and O–H groups in total. The number of hydrogen-bond acceptors (Lipinski definition) is 0. The third-order valence-corrected chi connectivity index (χ3v) is 3.61. The van der Waals surface area contributed by atoms with Crippen LogP contribution in [-0.4, -0.2) is 9.13 Å². The highest BCUT2D eigenvalue weighted by Crippen LogP contribution is 2.05. The Morgan fingerprint density at radius 2 is 2.00 bits per heavy atom. The van der Waals surface area contributed by atoms with Crippen molar-refractivity contribution >= 4 is 15.2 Å². The second-order valence-electron chi connectivity index (χ2n) is 3.05. The lowest BCUT2D eigenvalue weighted by molar-refractivity contribution is 0.821. The normalized spacial score (nSPS) is 13.4. The van der Waals surface area contributed by atoms with Gasteiger partial charge in [-0.1, -0.05) is 49.4 Å². The van der Waals surface area contributed by atoms with Gasteiger partial charge in [-0.15, -0.1) is 0 Å². The predicted octanol–water partition coefficient (Wildman–Crippen LogP) is 3.41. The van der Waals surface area contributed by atoms with E-state index in [9.17, 15) is 4.11 Å². The summed E-state index contributed by atoms with van der Waals surface area (Å²) in [5.74, 6) is 0. The van der Waals surface area contributed by atoms with Crippen LogP contribution >= 0.6 is 0 Å². The van der Waals surface area contributed by atoms with Crippen LogP contribution in [-0.2, 0) is 0 Å². The highest BCUT2D eigenvalue weighted by molar-refractivity contribution is 6.51. The average molecular weight is 194 g/mol. The van der Waals surface area contributed by atoms with Gasteiger partial charge in [-0.25, -0.2) is 0 Å². The van der Waals surface area contributed by atoms with Crippen LogP contribution in [0.25, 0.3) is 6.08 Å². The molecule has 13 heavy (non-hydrogen) atoms. The number of hydrogen-bond donors (Lipinski definition) is 0.